The first-order valence-corrected chi connectivity index (χ1v) is 10.8. The molecule has 2 aromatic rings. The molecule has 1 aliphatic carbocycles. The Labute approximate surface area is 186 Å². The molecule has 168 valence electrons. The summed E-state index contributed by atoms with van der Waals surface area (Å²) < 4.78 is 38.0. The lowest BCUT2D eigenvalue weighted by molar-refractivity contribution is -0.140. The Balaban J connectivity index is 1.55. The maximum Gasteiger partial charge on any atom is 0.343 e. The molecule has 1 saturated carbocycles. The van der Waals surface area contributed by atoms with Crippen molar-refractivity contribution in [2.45, 2.75) is 51.9 Å². The van der Waals surface area contributed by atoms with Crippen molar-refractivity contribution in [1.29, 1.82) is 5.26 Å². The zero-order valence-corrected chi connectivity index (χ0v) is 17.9. The summed E-state index contributed by atoms with van der Waals surface area (Å²) in [6.45, 7) is 2.18. The van der Waals surface area contributed by atoms with Crippen LogP contribution >= 0.6 is 0 Å². The molecule has 0 radical (unpaired) electrons. The van der Waals surface area contributed by atoms with Gasteiger partial charge in [0.25, 0.3) is 0 Å². The molecule has 0 saturated heterocycles. The fraction of sp³-hybridized carbons (Fsp3) is 0.400. The second-order valence-corrected chi connectivity index (χ2v) is 8.05. The number of unbranched alkanes of at least 4 members (excludes halogenated alkanes) is 1. The van der Waals surface area contributed by atoms with E-state index in [-0.39, 0.29) is 17.5 Å². The number of hydrogen-bond donors (Lipinski definition) is 0. The molecule has 0 aromatic heterocycles. The summed E-state index contributed by atoms with van der Waals surface area (Å²) in [6.07, 6.45) is 7.35. The van der Waals surface area contributed by atoms with Crippen LogP contribution in [-0.2, 0) is 4.79 Å². The van der Waals surface area contributed by atoms with Crippen molar-refractivity contribution < 1.29 is 27.8 Å². The zero-order valence-electron chi connectivity index (χ0n) is 17.9. The van der Waals surface area contributed by atoms with E-state index in [0.717, 1.165) is 37.8 Å². The zero-order chi connectivity index (χ0) is 23.1. The number of hydrogen-bond acceptors (Lipinski definition) is 5. The molecule has 0 aliphatic heterocycles. The van der Waals surface area contributed by atoms with Crippen molar-refractivity contribution >= 4 is 11.9 Å². The van der Waals surface area contributed by atoms with Gasteiger partial charge in [0.15, 0.2) is 11.6 Å². The number of halogens is 2. The second-order valence-electron chi connectivity index (χ2n) is 8.05. The van der Waals surface area contributed by atoms with Gasteiger partial charge in [-0.05, 0) is 68.0 Å². The van der Waals surface area contributed by atoms with E-state index < -0.39 is 28.9 Å². The van der Waals surface area contributed by atoms with Crippen LogP contribution in [0.25, 0.3) is 0 Å². The van der Waals surface area contributed by atoms with Crippen molar-refractivity contribution in [3.8, 4) is 17.6 Å². The van der Waals surface area contributed by atoms with Gasteiger partial charge in [-0.15, -0.1) is 0 Å². The van der Waals surface area contributed by atoms with E-state index in [1.54, 1.807) is 0 Å². The van der Waals surface area contributed by atoms with Crippen molar-refractivity contribution in [3.05, 3.63) is 59.2 Å². The fourth-order valence-corrected chi connectivity index (χ4v) is 3.89. The van der Waals surface area contributed by atoms with Gasteiger partial charge in [-0.25, -0.2) is 9.18 Å². The molecule has 0 atom stereocenters. The monoisotopic (exact) mass is 441 g/mol. The lowest BCUT2D eigenvalue weighted by Gasteiger charge is -2.27. The molecule has 1 fully saturated rings. The number of nitrogens with zero attached hydrogens (tertiary/aromatic N) is 1. The Morgan fingerprint density at radius 1 is 1.00 bits per heavy atom. The quantitative estimate of drug-likeness (QED) is 0.392. The Hall–Kier alpha value is -3.27. The number of ether oxygens (including phenoxy) is 2. The molecule has 5 nitrogen and oxygen atoms in total. The van der Waals surface area contributed by atoms with E-state index in [1.165, 1.54) is 49.6 Å². The number of rotatable bonds is 7. The van der Waals surface area contributed by atoms with Crippen LogP contribution in [0.3, 0.4) is 0 Å². The van der Waals surface area contributed by atoms with Gasteiger partial charge in [-0.2, -0.15) is 9.65 Å². The minimum Gasteiger partial charge on any atom is -0.426 e. The number of carbonyl (C=O) groups excluding carboxylic acids is 2. The first kappa shape index (κ1) is 23.4. The molecule has 0 spiro atoms. The summed E-state index contributed by atoms with van der Waals surface area (Å²) in [7, 11) is 0. The summed E-state index contributed by atoms with van der Waals surface area (Å²) in [5.74, 6) is -3.70. The fourth-order valence-electron chi connectivity index (χ4n) is 3.89. The predicted octanol–water partition coefficient (Wildman–Crippen LogP) is 5.96. The molecule has 0 bridgehead atoms. The highest BCUT2D eigenvalue weighted by Crippen LogP contribution is 2.33. The number of benzene rings is 2. The summed E-state index contributed by atoms with van der Waals surface area (Å²) >= 11 is 0. The van der Waals surface area contributed by atoms with Crippen molar-refractivity contribution in [1.82, 2.24) is 0 Å². The minimum absolute atomic E-state index is 0.0744. The molecule has 32 heavy (non-hydrogen) atoms. The predicted molar refractivity (Wildman–Crippen MR) is 113 cm³/mol. The minimum atomic E-state index is -1.41. The van der Waals surface area contributed by atoms with Crippen LogP contribution in [0.4, 0.5) is 8.78 Å². The Bertz CT molecular complexity index is 1010. The smallest absolute Gasteiger partial charge is 0.343 e. The summed E-state index contributed by atoms with van der Waals surface area (Å²) in [5.41, 5.74) is -0.409. The van der Waals surface area contributed by atoms with Gasteiger partial charge in [-0.1, -0.05) is 26.2 Å². The largest absolute Gasteiger partial charge is 0.426 e. The van der Waals surface area contributed by atoms with Crippen LogP contribution in [0.15, 0.2) is 36.4 Å². The van der Waals surface area contributed by atoms with E-state index in [0.29, 0.717) is 11.7 Å². The third kappa shape index (κ3) is 5.70. The maximum atomic E-state index is 13.9. The van der Waals surface area contributed by atoms with Gasteiger partial charge in [-0.3, -0.25) is 4.79 Å². The Morgan fingerprint density at radius 3 is 2.31 bits per heavy atom. The first-order chi connectivity index (χ1) is 15.4. The van der Waals surface area contributed by atoms with Crippen LogP contribution in [0, 0.1) is 34.8 Å². The molecule has 0 unspecified atom stereocenters. The third-order valence-electron chi connectivity index (χ3n) is 5.82. The van der Waals surface area contributed by atoms with Crippen LogP contribution in [0.1, 0.15) is 67.8 Å². The molecule has 0 N–H and O–H groups in total. The molecule has 2 aromatic carbocycles. The van der Waals surface area contributed by atoms with E-state index >= 15 is 0 Å². The normalized spacial score (nSPS) is 17.9. The Morgan fingerprint density at radius 2 is 1.69 bits per heavy atom. The molecular formula is C25H25F2NO4. The average molecular weight is 441 g/mol. The van der Waals surface area contributed by atoms with Gasteiger partial charge in [0.05, 0.1) is 17.0 Å². The van der Waals surface area contributed by atoms with Crippen LogP contribution in [-0.4, -0.2) is 11.9 Å². The lowest BCUT2D eigenvalue weighted by Crippen LogP contribution is -2.25. The second kappa shape index (κ2) is 10.9. The van der Waals surface area contributed by atoms with Crippen molar-refractivity contribution in [2.24, 2.45) is 11.8 Å². The lowest BCUT2D eigenvalue weighted by atomic mass is 9.80. The summed E-state index contributed by atoms with van der Waals surface area (Å²) in [5, 5.41) is 8.71. The summed E-state index contributed by atoms with van der Waals surface area (Å²) in [4.78, 5) is 24.7. The highest BCUT2D eigenvalue weighted by atomic mass is 19.2. The van der Waals surface area contributed by atoms with Crippen LogP contribution in [0.2, 0.25) is 0 Å². The maximum absolute atomic E-state index is 13.9. The summed E-state index contributed by atoms with van der Waals surface area (Å²) in [6, 6.07) is 9.22. The molecule has 7 heteroatoms. The van der Waals surface area contributed by atoms with Gasteiger partial charge in [0.2, 0.25) is 5.82 Å². The van der Waals surface area contributed by atoms with Crippen molar-refractivity contribution in [3.63, 3.8) is 0 Å². The van der Waals surface area contributed by atoms with E-state index in [1.807, 2.05) is 0 Å². The topological polar surface area (TPSA) is 76.4 Å². The number of carbonyl (C=O) groups is 2. The van der Waals surface area contributed by atoms with E-state index in [4.69, 9.17) is 14.7 Å². The number of esters is 2. The standard InChI is InChI=1S/C25H25F2NO4/c1-2-3-4-16-5-7-17(8-6-16)24(29)31-20-12-9-18(10-13-20)25(30)32-21-14-11-19(15-28)22(26)23(21)27/h9-14,16-17H,2-8H2,1H3/t16-,17-. The van der Waals surface area contributed by atoms with Crippen LogP contribution in [0.5, 0.6) is 11.5 Å². The van der Waals surface area contributed by atoms with Crippen LogP contribution < -0.4 is 9.47 Å². The van der Waals surface area contributed by atoms with Crippen molar-refractivity contribution in [2.75, 3.05) is 0 Å². The molecule has 1 aliphatic rings. The van der Waals surface area contributed by atoms with Gasteiger partial charge >= 0.3 is 11.9 Å². The van der Waals surface area contributed by atoms with E-state index in [2.05, 4.69) is 6.92 Å². The van der Waals surface area contributed by atoms with E-state index in [9.17, 15) is 18.4 Å². The first-order valence-electron chi connectivity index (χ1n) is 10.8. The highest BCUT2D eigenvalue weighted by Gasteiger charge is 2.27. The van der Waals surface area contributed by atoms with Gasteiger partial charge in [0, 0.05) is 0 Å². The average Bonchev–Trinajstić information content (AvgIpc) is 2.81. The molecule has 3 rings (SSSR count). The number of nitriles is 1. The Kier molecular flexibility index (Phi) is 7.93. The molecule has 0 amide bonds. The molecule has 0 heterocycles. The van der Waals surface area contributed by atoms with Gasteiger partial charge < -0.3 is 9.47 Å². The highest BCUT2D eigenvalue weighted by molar-refractivity contribution is 5.91. The van der Waals surface area contributed by atoms with Gasteiger partial charge in [0.1, 0.15) is 11.8 Å². The third-order valence-corrected chi connectivity index (χ3v) is 5.82. The SMILES string of the molecule is CCCC[C@H]1CC[C@H](C(=O)Oc2ccc(C(=O)Oc3ccc(C#N)c(F)c3F)cc2)CC1. The molecular weight excluding hydrogens is 416 g/mol.